The lowest BCUT2D eigenvalue weighted by atomic mass is 9.91. The second kappa shape index (κ2) is 7.09. The number of aromatic carboxylic acids is 1. The minimum atomic E-state index is -0.849. The molecule has 4 nitrogen and oxygen atoms in total. The highest BCUT2D eigenvalue weighted by Gasteiger charge is 2.27. The number of hydrogen-bond acceptors (Lipinski definition) is 4. The molecule has 1 aliphatic heterocycles. The quantitative estimate of drug-likeness (QED) is 0.891. The summed E-state index contributed by atoms with van der Waals surface area (Å²) in [6, 6.07) is 0.690. The van der Waals surface area contributed by atoms with Crippen molar-refractivity contribution in [3.63, 3.8) is 0 Å². The van der Waals surface area contributed by atoms with Gasteiger partial charge < -0.3 is 5.11 Å². The summed E-state index contributed by atoms with van der Waals surface area (Å²) in [6.45, 7) is 10.5. The zero-order valence-electron chi connectivity index (χ0n) is 14.2. The lowest BCUT2D eigenvalue weighted by molar-refractivity contribution is 0.0699. The molecule has 1 fully saturated rings. The maximum Gasteiger partial charge on any atom is 0.347 e. The zero-order valence-corrected chi connectivity index (χ0v) is 15.0. The van der Waals surface area contributed by atoms with Gasteiger partial charge in [-0.2, -0.15) is 0 Å². The lowest BCUT2D eigenvalue weighted by Gasteiger charge is -2.35. The molecule has 1 unspecified atom stereocenters. The Morgan fingerprint density at radius 2 is 2.14 bits per heavy atom. The van der Waals surface area contributed by atoms with Gasteiger partial charge in [-0.3, -0.25) is 4.90 Å². The van der Waals surface area contributed by atoms with Gasteiger partial charge in [0.25, 0.3) is 0 Å². The lowest BCUT2D eigenvalue weighted by Crippen LogP contribution is -2.40. The Morgan fingerprint density at radius 3 is 2.68 bits per heavy atom. The number of likely N-dealkylation sites (tertiary alicyclic amines) is 1. The van der Waals surface area contributed by atoms with E-state index >= 15 is 0 Å². The molecule has 5 heteroatoms. The van der Waals surface area contributed by atoms with Crippen LogP contribution in [0.1, 0.15) is 73.8 Å². The van der Waals surface area contributed by atoms with Crippen molar-refractivity contribution in [3.05, 3.63) is 15.6 Å². The highest BCUT2D eigenvalue weighted by atomic mass is 32.1. The molecule has 1 aliphatic rings. The number of aromatic nitrogens is 1. The number of nitrogens with zero attached hydrogens (tertiary/aromatic N) is 2. The van der Waals surface area contributed by atoms with Gasteiger partial charge in [-0.15, -0.1) is 11.3 Å². The van der Waals surface area contributed by atoms with Gasteiger partial charge in [-0.05, 0) is 25.8 Å². The van der Waals surface area contributed by atoms with E-state index in [0.717, 1.165) is 23.7 Å². The minimum Gasteiger partial charge on any atom is -0.477 e. The first-order valence-corrected chi connectivity index (χ1v) is 9.12. The van der Waals surface area contributed by atoms with E-state index in [1.807, 2.05) is 20.8 Å². The van der Waals surface area contributed by atoms with E-state index in [0.29, 0.717) is 10.9 Å². The van der Waals surface area contributed by atoms with E-state index in [9.17, 15) is 9.90 Å². The third-order valence-electron chi connectivity index (χ3n) is 4.41. The largest absolute Gasteiger partial charge is 0.477 e. The van der Waals surface area contributed by atoms with E-state index in [-0.39, 0.29) is 5.41 Å². The van der Waals surface area contributed by atoms with Crippen LogP contribution in [-0.2, 0) is 11.8 Å². The van der Waals surface area contributed by atoms with Crippen molar-refractivity contribution in [2.75, 3.05) is 13.1 Å². The Balaban J connectivity index is 2.08. The molecule has 2 rings (SSSR count). The molecular weight excluding hydrogens is 296 g/mol. The fourth-order valence-electron chi connectivity index (χ4n) is 3.18. The van der Waals surface area contributed by atoms with Crippen molar-refractivity contribution in [2.45, 2.75) is 71.3 Å². The molecule has 0 amide bonds. The van der Waals surface area contributed by atoms with Gasteiger partial charge in [-0.1, -0.05) is 34.1 Å². The molecule has 0 spiro atoms. The highest BCUT2D eigenvalue weighted by Crippen LogP contribution is 2.30. The van der Waals surface area contributed by atoms with Crippen LogP contribution in [-0.4, -0.2) is 40.1 Å². The van der Waals surface area contributed by atoms with Gasteiger partial charge in [0.1, 0.15) is 4.88 Å². The smallest absolute Gasteiger partial charge is 0.347 e. The predicted molar refractivity (Wildman–Crippen MR) is 91.0 cm³/mol. The Kier molecular flexibility index (Phi) is 5.61. The van der Waals surface area contributed by atoms with Crippen LogP contribution in [0.15, 0.2) is 0 Å². The average Bonchev–Trinajstić information content (AvgIpc) is 2.90. The second-order valence-electron chi connectivity index (χ2n) is 7.18. The molecule has 0 saturated carbocycles. The van der Waals surface area contributed by atoms with Crippen LogP contribution in [0.5, 0.6) is 0 Å². The van der Waals surface area contributed by atoms with Gasteiger partial charge >= 0.3 is 5.97 Å². The van der Waals surface area contributed by atoms with Crippen LogP contribution in [0.25, 0.3) is 0 Å². The van der Waals surface area contributed by atoms with Crippen LogP contribution >= 0.6 is 11.3 Å². The van der Waals surface area contributed by atoms with E-state index in [2.05, 4.69) is 16.8 Å². The van der Waals surface area contributed by atoms with Crippen molar-refractivity contribution >= 4 is 17.3 Å². The number of hydrogen-bond donors (Lipinski definition) is 1. The number of rotatable bonds is 5. The molecule has 0 aliphatic carbocycles. The molecule has 0 radical (unpaired) electrons. The molecule has 0 bridgehead atoms. The average molecular weight is 324 g/mol. The number of piperidine rings is 1. The topological polar surface area (TPSA) is 53.4 Å². The maximum atomic E-state index is 11.4. The van der Waals surface area contributed by atoms with E-state index in [1.165, 1.54) is 43.6 Å². The third-order valence-corrected chi connectivity index (χ3v) is 5.51. The molecule has 1 aromatic rings. The summed E-state index contributed by atoms with van der Waals surface area (Å²) in [5, 5.41) is 10.4. The fourth-order valence-corrected chi connectivity index (χ4v) is 4.28. The SMILES string of the molecule is CCC1CCCCN1CCc1nc(C(C)(C)C)c(C(=O)O)s1. The van der Waals surface area contributed by atoms with Gasteiger partial charge in [0, 0.05) is 24.4 Å². The summed E-state index contributed by atoms with van der Waals surface area (Å²) in [6.07, 6.45) is 5.97. The van der Waals surface area contributed by atoms with Crippen LogP contribution in [0.2, 0.25) is 0 Å². The molecule has 1 N–H and O–H groups in total. The minimum absolute atomic E-state index is 0.223. The first-order chi connectivity index (χ1) is 10.3. The molecule has 124 valence electrons. The molecule has 1 saturated heterocycles. The summed E-state index contributed by atoms with van der Waals surface area (Å²) < 4.78 is 0. The molecule has 1 atom stereocenters. The van der Waals surface area contributed by atoms with Gasteiger partial charge in [0.15, 0.2) is 0 Å². The fraction of sp³-hybridized carbons (Fsp3) is 0.765. The Bertz CT molecular complexity index is 519. The molecule has 22 heavy (non-hydrogen) atoms. The van der Waals surface area contributed by atoms with Gasteiger partial charge in [0.05, 0.1) is 10.7 Å². The molecule has 2 heterocycles. The van der Waals surface area contributed by atoms with Crippen molar-refractivity contribution in [3.8, 4) is 0 Å². The van der Waals surface area contributed by atoms with Gasteiger partial charge in [0.2, 0.25) is 0 Å². The second-order valence-corrected chi connectivity index (χ2v) is 8.27. The Hall–Kier alpha value is -0.940. The number of carbonyl (C=O) groups is 1. The highest BCUT2D eigenvalue weighted by molar-refractivity contribution is 7.13. The number of carboxylic acids is 1. The first kappa shape index (κ1) is 17.4. The summed E-state index contributed by atoms with van der Waals surface area (Å²) >= 11 is 1.35. The molecular formula is C17H28N2O2S. The number of thiazole rings is 1. The zero-order chi connectivity index (χ0) is 16.3. The number of carboxylic acid groups (broad SMARTS) is 1. The van der Waals surface area contributed by atoms with Crippen LogP contribution in [0, 0.1) is 0 Å². The van der Waals surface area contributed by atoms with Gasteiger partial charge in [-0.25, -0.2) is 9.78 Å². The third kappa shape index (κ3) is 4.07. The molecule has 0 aromatic carbocycles. The van der Waals surface area contributed by atoms with E-state index in [1.54, 1.807) is 0 Å². The van der Waals surface area contributed by atoms with Crippen molar-refractivity contribution in [1.82, 2.24) is 9.88 Å². The van der Waals surface area contributed by atoms with Crippen LogP contribution < -0.4 is 0 Å². The monoisotopic (exact) mass is 324 g/mol. The van der Waals surface area contributed by atoms with E-state index < -0.39 is 5.97 Å². The van der Waals surface area contributed by atoms with Crippen molar-refractivity contribution in [2.24, 2.45) is 0 Å². The summed E-state index contributed by atoms with van der Waals surface area (Å²) in [7, 11) is 0. The summed E-state index contributed by atoms with van der Waals surface area (Å²) in [5.41, 5.74) is 0.505. The standard InChI is InChI=1S/C17H28N2O2S/c1-5-12-8-6-7-10-19(12)11-9-13-18-15(17(2,3)4)14(22-13)16(20)21/h12H,5-11H2,1-4H3,(H,20,21). The summed E-state index contributed by atoms with van der Waals surface area (Å²) in [5.74, 6) is -0.849. The first-order valence-electron chi connectivity index (χ1n) is 8.30. The Labute approximate surface area is 137 Å². The van der Waals surface area contributed by atoms with Crippen LogP contribution in [0.4, 0.5) is 0 Å². The molecule has 1 aromatic heterocycles. The van der Waals surface area contributed by atoms with Crippen molar-refractivity contribution < 1.29 is 9.90 Å². The maximum absolute atomic E-state index is 11.4. The van der Waals surface area contributed by atoms with Crippen LogP contribution in [0.3, 0.4) is 0 Å². The van der Waals surface area contributed by atoms with E-state index in [4.69, 9.17) is 0 Å². The van der Waals surface area contributed by atoms with Crippen molar-refractivity contribution in [1.29, 1.82) is 0 Å². The normalized spacial score (nSPS) is 20.3. The Morgan fingerprint density at radius 1 is 1.41 bits per heavy atom. The summed E-state index contributed by atoms with van der Waals surface area (Å²) in [4.78, 5) is 19.1. The predicted octanol–water partition coefficient (Wildman–Crippen LogP) is 3.95.